The van der Waals surface area contributed by atoms with Crippen molar-refractivity contribution in [3.05, 3.63) is 21.9 Å². The van der Waals surface area contributed by atoms with Crippen LogP contribution in [0.3, 0.4) is 0 Å². The highest BCUT2D eigenvalue weighted by atomic mass is 32.1. The second kappa shape index (κ2) is 6.17. The fourth-order valence-electron chi connectivity index (χ4n) is 1.67. The standard InChI is InChI=1S/C13H22N2OS/c1-10-5-6-17-11(10)7-12(16)15-9-13(2,3)8-14-4/h5-6,14H,7-9H2,1-4H3,(H,15,16). The number of carbonyl (C=O) groups excluding carboxylic acids is 1. The van der Waals surface area contributed by atoms with Gasteiger partial charge in [0.15, 0.2) is 0 Å². The maximum absolute atomic E-state index is 11.8. The first-order valence-corrected chi connectivity index (χ1v) is 6.77. The van der Waals surface area contributed by atoms with Crippen LogP contribution in [0.15, 0.2) is 11.4 Å². The summed E-state index contributed by atoms with van der Waals surface area (Å²) in [4.78, 5) is 12.9. The smallest absolute Gasteiger partial charge is 0.225 e. The van der Waals surface area contributed by atoms with Crippen LogP contribution in [-0.2, 0) is 11.2 Å². The zero-order chi connectivity index (χ0) is 12.9. The van der Waals surface area contributed by atoms with Crippen molar-refractivity contribution in [3.63, 3.8) is 0 Å². The lowest BCUT2D eigenvalue weighted by molar-refractivity contribution is -0.120. The van der Waals surface area contributed by atoms with E-state index < -0.39 is 0 Å². The fourth-order valence-corrected chi connectivity index (χ4v) is 2.58. The minimum Gasteiger partial charge on any atom is -0.355 e. The molecule has 0 fully saturated rings. The summed E-state index contributed by atoms with van der Waals surface area (Å²) in [5.41, 5.74) is 1.30. The van der Waals surface area contributed by atoms with E-state index >= 15 is 0 Å². The van der Waals surface area contributed by atoms with Crippen molar-refractivity contribution in [1.82, 2.24) is 10.6 Å². The Balaban J connectivity index is 2.38. The van der Waals surface area contributed by atoms with Gasteiger partial charge in [-0.3, -0.25) is 4.79 Å². The zero-order valence-corrected chi connectivity index (χ0v) is 11.9. The highest BCUT2D eigenvalue weighted by Crippen LogP contribution is 2.16. The Morgan fingerprint density at radius 3 is 2.65 bits per heavy atom. The summed E-state index contributed by atoms with van der Waals surface area (Å²) in [6.45, 7) is 7.92. The largest absolute Gasteiger partial charge is 0.355 e. The van der Waals surface area contributed by atoms with Crippen LogP contribution >= 0.6 is 11.3 Å². The SMILES string of the molecule is CNCC(C)(C)CNC(=O)Cc1sccc1C. The molecule has 1 aromatic rings. The van der Waals surface area contributed by atoms with Crippen LogP contribution in [0.4, 0.5) is 0 Å². The molecule has 4 heteroatoms. The van der Waals surface area contributed by atoms with Gasteiger partial charge in [-0.2, -0.15) is 0 Å². The predicted octanol–water partition coefficient (Wildman–Crippen LogP) is 1.96. The van der Waals surface area contributed by atoms with Gasteiger partial charge >= 0.3 is 0 Å². The third-order valence-electron chi connectivity index (χ3n) is 2.71. The lowest BCUT2D eigenvalue weighted by Crippen LogP contribution is -2.39. The van der Waals surface area contributed by atoms with Crippen molar-refractivity contribution in [3.8, 4) is 0 Å². The van der Waals surface area contributed by atoms with Gasteiger partial charge < -0.3 is 10.6 Å². The number of hydrogen-bond donors (Lipinski definition) is 2. The summed E-state index contributed by atoms with van der Waals surface area (Å²) < 4.78 is 0. The lowest BCUT2D eigenvalue weighted by atomic mass is 9.93. The first-order chi connectivity index (χ1) is 7.94. The predicted molar refractivity (Wildman–Crippen MR) is 73.5 cm³/mol. The van der Waals surface area contributed by atoms with Crippen LogP contribution < -0.4 is 10.6 Å². The highest BCUT2D eigenvalue weighted by Gasteiger charge is 2.18. The van der Waals surface area contributed by atoms with Gasteiger partial charge in [0, 0.05) is 18.0 Å². The van der Waals surface area contributed by atoms with Crippen LogP contribution in [0.25, 0.3) is 0 Å². The molecule has 0 aliphatic carbocycles. The van der Waals surface area contributed by atoms with E-state index in [0.29, 0.717) is 13.0 Å². The molecule has 2 N–H and O–H groups in total. The number of aryl methyl sites for hydroxylation is 1. The summed E-state index contributed by atoms with van der Waals surface area (Å²) in [5, 5.41) is 8.17. The van der Waals surface area contributed by atoms with Gasteiger partial charge in [-0.15, -0.1) is 11.3 Å². The van der Waals surface area contributed by atoms with Crippen LogP contribution in [0.2, 0.25) is 0 Å². The van der Waals surface area contributed by atoms with Crippen LogP contribution in [0, 0.1) is 12.3 Å². The Morgan fingerprint density at radius 1 is 1.41 bits per heavy atom. The Hall–Kier alpha value is -0.870. The van der Waals surface area contributed by atoms with Crippen molar-refractivity contribution in [1.29, 1.82) is 0 Å². The van der Waals surface area contributed by atoms with Crippen molar-refractivity contribution < 1.29 is 4.79 Å². The molecular weight excluding hydrogens is 232 g/mol. The lowest BCUT2D eigenvalue weighted by Gasteiger charge is -2.24. The number of hydrogen-bond acceptors (Lipinski definition) is 3. The van der Waals surface area contributed by atoms with Gasteiger partial charge in [0.25, 0.3) is 0 Å². The molecule has 0 saturated heterocycles. The van der Waals surface area contributed by atoms with Crippen LogP contribution in [-0.4, -0.2) is 26.0 Å². The number of rotatable bonds is 6. The highest BCUT2D eigenvalue weighted by molar-refractivity contribution is 7.10. The molecule has 0 radical (unpaired) electrons. The van der Waals surface area contributed by atoms with E-state index in [0.717, 1.165) is 11.4 Å². The summed E-state index contributed by atoms with van der Waals surface area (Å²) in [6.07, 6.45) is 0.499. The van der Waals surface area contributed by atoms with Gasteiger partial charge in [-0.05, 0) is 36.4 Å². The van der Waals surface area contributed by atoms with E-state index in [4.69, 9.17) is 0 Å². The third kappa shape index (κ3) is 4.88. The van der Waals surface area contributed by atoms with E-state index in [-0.39, 0.29) is 11.3 Å². The van der Waals surface area contributed by atoms with E-state index in [1.165, 1.54) is 5.56 Å². The van der Waals surface area contributed by atoms with E-state index in [2.05, 4.69) is 30.5 Å². The summed E-state index contributed by atoms with van der Waals surface area (Å²) >= 11 is 1.65. The number of thiophene rings is 1. The minimum absolute atomic E-state index is 0.0922. The molecule has 0 aliphatic rings. The monoisotopic (exact) mass is 254 g/mol. The summed E-state index contributed by atoms with van der Waals surface area (Å²) in [6, 6.07) is 2.05. The fraction of sp³-hybridized carbons (Fsp3) is 0.615. The molecule has 1 aromatic heterocycles. The molecule has 96 valence electrons. The first-order valence-electron chi connectivity index (χ1n) is 5.89. The van der Waals surface area contributed by atoms with Crippen LogP contribution in [0.1, 0.15) is 24.3 Å². The molecular formula is C13H22N2OS. The maximum Gasteiger partial charge on any atom is 0.225 e. The van der Waals surface area contributed by atoms with E-state index in [1.54, 1.807) is 11.3 Å². The van der Waals surface area contributed by atoms with Crippen molar-refractivity contribution in [2.75, 3.05) is 20.1 Å². The molecule has 0 atom stereocenters. The number of nitrogens with one attached hydrogen (secondary N) is 2. The molecule has 0 aliphatic heterocycles. The molecule has 17 heavy (non-hydrogen) atoms. The quantitative estimate of drug-likeness (QED) is 0.815. The van der Waals surface area contributed by atoms with Gasteiger partial charge in [0.2, 0.25) is 5.91 Å². The summed E-state index contributed by atoms with van der Waals surface area (Å²) in [7, 11) is 1.93. The average Bonchev–Trinajstić information content (AvgIpc) is 2.62. The van der Waals surface area contributed by atoms with Gasteiger partial charge in [-0.1, -0.05) is 13.8 Å². The molecule has 0 saturated carbocycles. The van der Waals surface area contributed by atoms with Gasteiger partial charge in [0.05, 0.1) is 6.42 Å². The molecule has 0 bridgehead atoms. The van der Waals surface area contributed by atoms with Gasteiger partial charge in [0.1, 0.15) is 0 Å². The molecule has 3 nitrogen and oxygen atoms in total. The van der Waals surface area contributed by atoms with Crippen molar-refractivity contribution in [2.45, 2.75) is 27.2 Å². The average molecular weight is 254 g/mol. The molecule has 0 aromatic carbocycles. The van der Waals surface area contributed by atoms with Gasteiger partial charge in [-0.25, -0.2) is 0 Å². The molecule has 0 spiro atoms. The molecule has 1 amide bonds. The van der Waals surface area contributed by atoms with Crippen molar-refractivity contribution in [2.24, 2.45) is 5.41 Å². The molecule has 0 unspecified atom stereocenters. The maximum atomic E-state index is 11.8. The Morgan fingerprint density at radius 2 is 2.12 bits per heavy atom. The number of carbonyl (C=O) groups is 1. The van der Waals surface area contributed by atoms with E-state index in [1.807, 2.05) is 19.4 Å². The second-order valence-electron chi connectivity index (χ2n) is 5.17. The van der Waals surface area contributed by atoms with Crippen molar-refractivity contribution >= 4 is 17.2 Å². The Labute approximate surface area is 108 Å². The summed E-state index contributed by atoms with van der Waals surface area (Å²) in [5.74, 6) is 0.111. The zero-order valence-electron chi connectivity index (χ0n) is 11.1. The topological polar surface area (TPSA) is 41.1 Å². The van der Waals surface area contributed by atoms with E-state index in [9.17, 15) is 4.79 Å². The Bertz CT molecular complexity index is 371. The van der Waals surface area contributed by atoms with Crippen LogP contribution in [0.5, 0.6) is 0 Å². The minimum atomic E-state index is 0.0922. The molecule has 1 rings (SSSR count). The first kappa shape index (κ1) is 14.2. The molecule has 1 heterocycles. The normalized spacial score (nSPS) is 11.5. The Kier molecular flexibility index (Phi) is 5.15. The third-order valence-corrected chi connectivity index (χ3v) is 3.73. The number of amides is 1. The second-order valence-corrected chi connectivity index (χ2v) is 6.18.